The summed E-state index contributed by atoms with van der Waals surface area (Å²) in [5, 5.41) is 10.3. The fraction of sp³-hybridized carbons (Fsp3) is 0.294. The molecule has 4 nitrogen and oxygen atoms in total. The van der Waals surface area contributed by atoms with Crippen LogP contribution in [-0.4, -0.2) is 26.4 Å². The van der Waals surface area contributed by atoms with E-state index in [4.69, 9.17) is 4.74 Å². The number of aliphatic hydroxyl groups is 1. The third-order valence-electron chi connectivity index (χ3n) is 3.44. The molecule has 2 aromatic rings. The molecule has 1 atom stereocenters. The molecule has 0 saturated carbocycles. The van der Waals surface area contributed by atoms with Crippen LogP contribution in [0.3, 0.4) is 0 Å². The highest BCUT2D eigenvalue weighted by Gasteiger charge is 2.13. The molecular weight excluding hydrogens is 300 g/mol. The smallest absolute Gasteiger partial charge is 0.175 e. The number of hydrogen-bond donors (Lipinski definition) is 1. The lowest BCUT2D eigenvalue weighted by Crippen LogP contribution is -2.11. The summed E-state index contributed by atoms with van der Waals surface area (Å²) < 4.78 is 28.6. The van der Waals surface area contributed by atoms with Crippen LogP contribution in [0, 0.1) is 13.8 Å². The molecular formula is C17H20O4S. The monoisotopic (exact) mass is 320 g/mol. The van der Waals surface area contributed by atoms with Crippen molar-refractivity contribution in [3.63, 3.8) is 0 Å². The Morgan fingerprint density at radius 3 is 2.55 bits per heavy atom. The van der Waals surface area contributed by atoms with Crippen LogP contribution in [0.4, 0.5) is 0 Å². The van der Waals surface area contributed by atoms with Crippen molar-refractivity contribution in [1.82, 2.24) is 0 Å². The van der Waals surface area contributed by atoms with Gasteiger partial charge >= 0.3 is 0 Å². The normalized spacial score (nSPS) is 12.9. The highest BCUT2D eigenvalue weighted by atomic mass is 32.2. The fourth-order valence-electron chi connectivity index (χ4n) is 2.18. The lowest BCUT2D eigenvalue weighted by Gasteiger charge is -2.16. The summed E-state index contributed by atoms with van der Waals surface area (Å²) in [5.74, 6) is 0.423. The SMILES string of the molecule is Cc1ccc(C)c([C@H](O)COc2cccc(S(C)(=O)=O)c2)c1. The molecule has 2 aromatic carbocycles. The zero-order valence-electron chi connectivity index (χ0n) is 12.9. The Balaban J connectivity index is 2.11. The second kappa shape index (κ2) is 6.50. The van der Waals surface area contributed by atoms with E-state index >= 15 is 0 Å². The third-order valence-corrected chi connectivity index (χ3v) is 4.55. The molecule has 0 spiro atoms. The quantitative estimate of drug-likeness (QED) is 0.920. The average Bonchev–Trinajstić information content (AvgIpc) is 2.47. The molecule has 0 unspecified atom stereocenters. The molecule has 0 fully saturated rings. The van der Waals surface area contributed by atoms with E-state index in [-0.39, 0.29) is 11.5 Å². The number of rotatable bonds is 5. The predicted molar refractivity (Wildman–Crippen MR) is 85.9 cm³/mol. The van der Waals surface area contributed by atoms with Gasteiger partial charge in [-0.25, -0.2) is 8.42 Å². The number of benzene rings is 2. The van der Waals surface area contributed by atoms with Gasteiger partial charge in [0.15, 0.2) is 9.84 Å². The van der Waals surface area contributed by atoms with Gasteiger partial charge in [-0.3, -0.25) is 0 Å². The Bertz CT molecular complexity index is 766. The molecule has 2 rings (SSSR count). The summed E-state index contributed by atoms with van der Waals surface area (Å²) in [6.45, 7) is 3.96. The Hall–Kier alpha value is -1.85. The van der Waals surface area contributed by atoms with Gasteiger partial charge in [-0.2, -0.15) is 0 Å². The summed E-state index contributed by atoms with van der Waals surface area (Å²) in [4.78, 5) is 0.200. The van der Waals surface area contributed by atoms with Crippen molar-refractivity contribution in [1.29, 1.82) is 0 Å². The standard InChI is InChI=1S/C17H20O4S/c1-12-7-8-13(2)16(9-12)17(18)11-21-14-5-4-6-15(10-14)22(3,19)20/h4-10,17-18H,11H2,1-3H3/t17-/m1/s1. The van der Waals surface area contributed by atoms with Crippen LogP contribution in [0.25, 0.3) is 0 Å². The molecule has 118 valence electrons. The maximum Gasteiger partial charge on any atom is 0.175 e. The first-order valence-corrected chi connectivity index (χ1v) is 8.84. The molecule has 22 heavy (non-hydrogen) atoms. The van der Waals surface area contributed by atoms with Gasteiger partial charge in [-0.05, 0) is 43.2 Å². The minimum atomic E-state index is -3.27. The first kappa shape index (κ1) is 16.5. The molecule has 0 saturated heterocycles. The molecule has 5 heteroatoms. The highest BCUT2D eigenvalue weighted by Crippen LogP contribution is 2.22. The van der Waals surface area contributed by atoms with Crippen LogP contribution >= 0.6 is 0 Å². The van der Waals surface area contributed by atoms with E-state index in [0.717, 1.165) is 22.9 Å². The van der Waals surface area contributed by atoms with Gasteiger partial charge in [0.05, 0.1) is 4.90 Å². The fourth-order valence-corrected chi connectivity index (χ4v) is 2.83. The van der Waals surface area contributed by atoms with Crippen LogP contribution in [0.15, 0.2) is 47.4 Å². The van der Waals surface area contributed by atoms with Crippen molar-refractivity contribution in [3.05, 3.63) is 59.2 Å². The van der Waals surface area contributed by atoms with Gasteiger partial charge in [0.25, 0.3) is 0 Å². The summed E-state index contributed by atoms with van der Waals surface area (Å²) >= 11 is 0. The summed E-state index contributed by atoms with van der Waals surface area (Å²) in [6, 6.07) is 12.1. The van der Waals surface area contributed by atoms with E-state index in [0.29, 0.717) is 5.75 Å². The van der Waals surface area contributed by atoms with Crippen molar-refractivity contribution in [3.8, 4) is 5.75 Å². The van der Waals surface area contributed by atoms with E-state index in [1.807, 2.05) is 32.0 Å². The van der Waals surface area contributed by atoms with E-state index in [2.05, 4.69) is 0 Å². The van der Waals surface area contributed by atoms with E-state index in [9.17, 15) is 13.5 Å². The van der Waals surface area contributed by atoms with Gasteiger partial charge in [-0.1, -0.05) is 29.8 Å². The topological polar surface area (TPSA) is 63.6 Å². The molecule has 0 aromatic heterocycles. The maximum absolute atomic E-state index is 11.5. The molecule has 0 aliphatic carbocycles. The van der Waals surface area contributed by atoms with Crippen LogP contribution in [0.5, 0.6) is 5.75 Å². The Labute approximate surface area is 131 Å². The Kier molecular flexibility index (Phi) is 4.88. The predicted octanol–water partition coefficient (Wildman–Crippen LogP) is 2.82. The van der Waals surface area contributed by atoms with Crippen LogP contribution < -0.4 is 4.74 Å². The van der Waals surface area contributed by atoms with Crippen LogP contribution in [0.2, 0.25) is 0 Å². The van der Waals surface area contributed by atoms with Crippen molar-refractivity contribution in [2.45, 2.75) is 24.8 Å². The Morgan fingerprint density at radius 1 is 1.14 bits per heavy atom. The largest absolute Gasteiger partial charge is 0.490 e. The average molecular weight is 320 g/mol. The van der Waals surface area contributed by atoms with Crippen LogP contribution in [-0.2, 0) is 9.84 Å². The van der Waals surface area contributed by atoms with Crippen molar-refractivity contribution in [2.24, 2.45) is 0 Å². The Morgan fingerprint density at radius 2 is 1.86 bits per heavy atom. The second-order valence-electron chi connectivity index (χ2n) is 5.43. The summed E-state index contributed by atoms with van der Waals surface area (Å²) in [6.07, 6.45) is 0.388. The second-order valence-corrected chi connectivity index (χ2v) is 7.45. The first-order chi connectivity index (χ1) is 10.3. The number of aryl methyl sites for hydroxylation is 2. The van der Waals surface area contributed by atoms with Crippen LogP contribution in [0.1, 0.15) is 22.8 Å². The maximum atomic E-state index is 11.5. The summed E-state index contributed by atoms with van der Waals surface area (Å²) in [5.41, 5.74) is 2.88. The van der Waals surface area contributed by atoms with E-state index < -0.39 is 15.9 Å². The highest BCUT2D eigenvalue weighted by molar-refractivity contribution is 7.90. The van der Waals surface area contributed by atoms with Crippen molar-refractivity contribution < 1.29 is 18.3 Å². The molecule has 0 aliphatic heterocycles. The van der Waals surface area contributed by atoms with Gasteiger partial charge in [0, 0.05) is 6.26 Å². The van der Waals surface area contributed by atoms with Crippen molar-refractivity contribution >= 4 is 9.84 Å². The number of hydrogen-bond acceptors (Lipinski definition) is 4. The lowest BCUT2D eigenvalue weighted by molar-refractivity contribution is 0.107. The number of ether oxygens (including phenoxy) is 1. The van der Waals surface area contributed by atoms with Gasteiger partial charge in [0.1, 0.15) is 18.5 Å². The van der Waals surface area contributed by atoms with Gasteiger partial charge < -0.3 is 9.84 Å². The molecule has 0 heterocycles. The molecule has 0 amide bonds. The zero-order chi connectivity index (χ0) is 16.3. The van der Waals surface area contributed by atoms with Gasteiger partial charge in [0.2, 0.25) is 0 Å². The van der Waals surface area contributed by atoms with E-state index in [1.165, 1.54) is 12.1 Å². The van der Waals surface area contributed by atoms with E-state index in [1.54, 1.807) is 12.1 Å². The molecule has 1 N–H and O–H groups in total. The van der Waals surface area contributed by atoms with Gasteiger partial charge in [-0.15, -0.1) is 0 Å². The lowest BCUT2D eigenvalue weighted by atomic mass is 10.0. The molecule has 0 bridgehead atoms. The zero-order valence-corrected chi connectivity index (χ0v) is 13.7. The molecule has 0 radical (unpaired) electrons. The first-order valence-electron chi connectivity index (χ1n) is 6.95. The number of aliphatic hydroxyl groups excluding tert-OH is 1. The number of sulfone groups is 1. The summed E-state index contributed by atoms with van der Waals surface area (Å²) in [7, 11) is -3.27. The molecule has 0 aliphatic rings. The van der Waals surface area contributed by atoms with Crippen molar-refractivity contribution in [2.75, 3.05) is 12.9 Å². The minimum absolute atomic E-state index is 0.0670. The third kappa shape index (κ3) is 4.08. The minimum Gasteiger partial charge on any atom is -0.490 e.